The Morgan fingerprint density at radius 1 is 1.38 bits per heavy atom. The van der Waals surface area contributed by atoms with Gasteiger partial charge in [-0.2, -0.15) is 0 Å². The van der Waals surface area contributed by atoms with E-state index in [9.17, 15) is 4.21 Å². The highest BCUT2D eigenvalue weighted by atomic mass is 32.2. The van der Waals surface area contributed by atoms with Gasteiger partial charge in [-0.3, -0.25) is 4.21 Å². The van der Waals surface area contributed by atoms with E-state index in [-0.39, 0.29) is 11.3 Å². The van der Waals surface area contributed by atoms with Crippen molar-refractivity contribution in [1.82, 2.24) is 25.5 Å². The highest BCUT2D eigenvalue weighted by Gasteiger charge is 2.09. The number of nitrogens with one attached hydrogen (secondary N) is 1. The van der Waals surface area contributed by atoms with Crippen LogP contribution in [-0.2, 0) is 10.8 Å². The Bertz CT molecular complexity index is 587. The maximum absolute atomic E-state index is 11.3. The zero-order valence-corrected chi connectivity index (χ0v) is 13.4. The number of benzene rings is 1. The molecule has 1 aromatic carbocycles. The predicted octanol–water partition coefficient (Wildman–Crippen LogP) is 1.47. The first-order valence-electron chi connectivity index (χ1n) is 6.97. The van der Waals surface area contributed by atoms with Crippen molar-refractivity contribution in [2.45, 2.75) is 31.6 Å². The van der Waals surface area contributed by atoms with Crippen molar-refractivity contribution in [1.29, 1.82) is 0 Å². The molecule has 1 aromatic heterocycles. The molecule has 2 rings (SSSR count). The third-order valence-corrected chi connectivity index (χ3v) is 4.92. The molecule has 3 unspecified atom stereocenters. The van der Waals surface area contributed by atoms with E-state index < -0.39 is 10.8 Å². The van der Waals surface area contributed by atoms with Crippen molar-refractivity contribution in [2.24, 2.45) is 0 Å². The SMILES string of the molecule is CC(NCCC(C)S(C)=O)c1cccc(-n2cnnn2)c1. The van der Waals surface area contributed by atoms with Gasteiger partial charge in [0.05, 0.1) is 5.69 Å². The van der Waals surface area contributed by atoms with Crippen molar-refractivity contribution >= 4 is 10.8 Å². The van der Waals surface area contributed by atoms with Crippen molar-refractivity contribution < 1.29 is 4.21 Å². The molecule has 0 saturated heterocycles. The Balaban J connectivity index is 1.95. The van der Waals surface area contributed by atoms with Gasteiger partial charge >= 0.3 is 0 Å². The fraction of sp³-hybridized carbons (Fsp3) is 0.500. The number of tetrazole rings is 1. The summed E-state index contributed by atoms with van der Waals surface area (Å²) in [6.45, 7) is 4.98. The molecule has 7 heteroatoms. The first-order chi connectivity index (χ1) is 10.1. The Labute approximate surface area is 127 Å². The normalized spacial score (nSPS) is 15.6. The van der Waals surface area contributed by atoms with Crippen LogP contribution in [0.2, 0.25) is 0 Å². The molecule has 6 nitrogen and oxygen atoms in total. The summed E-state index contributed by atoms with van der Waals surface area (Å²) in [6.07, 6.45) is 4.24. The Morgan fingerprint density at radius 2 is 2.19 bits per heavy atom. The van der Waals surface area contributed by atoms with Gasteiger partial charge in [-0.25, -0.2) is 4.68 Å². The first kappa shape index (κ1) is 15.8. The molecule has 0 amide bonds. The van der Waals surface area contributed by atoms with Gasteiger partial charge < -0.3 is 5.32 Å². The van der Waals surface area contributed by atoms with Gasteiger partial charge in [0.25, 0.3) is 0 Å². The molecular formula is C14H21N5OS. The monoisotopic (exact) mass is 307 g/mol. The molecule has 0 aliphatic heterocycles. The number of hydrogen-bond acceptors (Lipinski definition) is 5. The average molecular weight is 307 g/mol. The van der Waals surface area contributed by atoms with Crippen molar-refractivity contribution in [2.75, 3.05) is 12.8 Å². The summed E-state index contributed by atoms with van der Waals surface area (Å²) in [5.41, 5.74) is 2.11. The summed E-state index contributed by atoms with van der Waals surface area (Å²) in [7, 11) is -0.759. The predicted molar refractivity (Wildman–Crippen MR) is 83.7 cm³/mol. The summed E-state index contributed by atoms with van der Waals surface area (Å²) >= 11 is 0. The van der Waals surface area contributed by atoms with Gasteiger partial charge in [0.2, 0.25) is 0 Å². The van der Waals surface area contributed by atoms with Crippen molar-refractivity contribution in [3.63, 3.8) is 0 Å². The van der Waals surface area contributed by atoms with E-state index in [4.69, 9.17) is 0 Å². The maximum Gasteiger partial charge on any atom is 0.143 e. The minimum absolute atomic E-state index is 0.220. The Morgan fingerprint density at radius 3 is 2.86 bits per heavy atom. The van der Waals surface area contributed by atoms with Gasteiger partial charge in [0, 0.05) is 28.3 Å². The van der Waals surface area contributed by atoms with Gasteiger partial charge in [-0.15, -0.1) is 5.10 Å². The largest absolute Gasteiger partial charge is 0.310 e. The smallest absolute Gasteiger partial charge is 0.143 e. The lowest BCUT2D eigenvalue weighted by atomic mass is 10.1. The molecule has 21 heavy (non-hydrogen) atoms. The second-order valence-corrected chi connectivity index (χ2v) is 6.93. The van der Waals surface area contributed by atoms with E-state index in [0.717, 1.165) is 18.7 Å². The molecular weight excluding hydrogens is 286 g/mol. The zero-order valence-electron chi connectivity index (χ0n) is 12.6. The van der Waals surface area contributed by atoms with E-state index >= 15 is 0 Å². The van der Waals surface area contributed by atoms with E-state index in [0.29, 0.717) is 0 Å². The minimum Gasteiger partial charge on any atom is -0.310 e. The number of nitrogens with zero attached hydrogens (tertiary/aromatic N) is 4. The number of aromatic nitrogens is 4. The third kappa shape index (κ3) is 4.44. The summed E-state index contributed by atoms with van der Waals surface area (Å²) in [5.74, 6) is 0. The molecule has 1 heterocycles. The molecule has 2 aromatic rings. The molecule has 0 fully saturated rings. The fourth-order valence-electron chi connectivity index (χ4n) is 2.00. The van der Waals surface area contributed by atoms with Gasteiger partial charge in [0.1, 0.15) is 6.33 Å². The highest BCUT2D eigenvalue weighted by molar-refractivity contribution is 7.84. The lowest BCUT2D eigenvalue weighted by molar-refractivity contribution is 0.553. The van der Waals surface area contributed by atoms with E-state index in [1.165, 1.54) is 5.56 Å². The molecule has 0 aliphatic carbocycles. The molecule has 1 N–H and O–H groups in total. The average Bonchev–Trinajstić information content (AvgIpc) is 3.01. The summed E-state index contributed by atoms with van der Waals surface area (Å²) in [6, 6.07) is 8.32. The molecule has 0 radical (unpaired) electrons. The van der Waals surface area contributed by atoms with Crippen LogP contribution in [0.3, 0.4) is 0 Å². The first-order valence-corrected chi connectivity index (χ1v) is 8.59. The molecule has 0 aliphatic rings. The lowest BCUT2D eigenvalue weighted by Gasteiger charge is -2.16. The number of rotatable bonds is 7. The fourth-order valence-corrected chi connectivity index (χ4v) is 2.45. The minimum atomic E-state index is -0.759. The van der Waals surface area contributed by atoms with Crippen LogP contribution in [0.5, 0.6) is 0 Å². The van der Waals surface area contributed by atoms with Crippen LogP contribution >= 0.6 is 0 Å². The number of hydrogen-bond donors (Lipinski definition) is 1. The Hall–Kier alpha value is -1.60. The van der Waals surface area contributed by atoms with Crippen LogP contribution in [0, 0.1) is 0 Å². The molecule has 114 valence electrons. The van der Waals surface area contributed by atoms with E-state index in [1.54, 1.807) is 17.3 Å². The lowest BCUT2D eigenvalue weighted by Crippen LogP contribution is -2.24. The standard InChI is InChI=1S/C14H21N5OS/c1-11(21(3)20)7-8-15-12(2)13-5-4-6-14(9-13)19-10-16-17-18-19/h4-6,9-12,15H,7-8H2,1-3H3. The van der Waals surface area contributed by atoms with E-state index in [1.807, 2.05) is 19.1 Å². The van der Waals surface area contributed by atoms with Gasteiger partial charge in [-0.05, 0) is 48.0 Å². The van der Waals surface area contributed by atoms with E-state index in [2.05, 4.69) is 39.9 Å². The van der Waals surface area contributed by atoms with Gasteiger partial charge in [0.15, 0.2) is 0 Å². The molecule has 0 saturated carbocycles. The topological polar surface area (TPSA) is 72.7 Å². The summed E-state index contributed by atoms with van der Waals surface area (Å²) < 4.78 is 13.0. The Kier molecular flexibility index (Phi) is 5.58. The second kappa shape index (κ2) is 7.42. The highest BCUT2D eigenvalue weighted by Crippen LogP contribution is 2.16. The molecule has 3 atom stereocenters. The maximum atomic E-state index is 11.3. The molecule has 0 spiro atoms. The van der Waals surface area contributed by atoms with Crippen LogP contribution in [0.1, 0.15) is 31.9 Å². The van der Waals surface area contributed by atoms with Crippen LogP contribution in [-0.4, -0.2) is 42.5 Å². The summed E-state index contributed by atoms with van der Waals surface area (Å²) in [5, 5.41) is 14.9. The molecule has 0 bridgehead atoms. The van der Waals surface area contributed by atoms with Crippen molar-refractivity contribution in [3.05, 3.63) is 36.2 Å². The van der Waals surface area contributed by atoms with Crippen molar-refractivity contribution in [3.8, 4) is 5.69 Å². The zero-order chi connectivity index (χ0) is 15.2. The quantitative estimate of drug-likeness (QED) is 0.838. The van der Waals surface area contributed by atoms with Crippen LogP contribution < -0.4 is 5.32 Å². The van der Waals surface area contributed by atoms with Gasteiger partial charge in [-0.1, -0.05) is 19.1 Å². The summed E-state index contributed by atoms with van der Waals surface area (Å²) in [4.78, 5) is 0. The van der Waals surface area contributed by atoms with Crippen LogP contribution in [0.15, 0.2) is 30.6 Å². The second-order valence-electron chi connectivity index (χ2n) is 5.12. The van der Waals surface area contributed by atoms with Crippen LogP contribution in [0.4, 0.5) is 0 Å². The third-order valence-electron chi connectivity index (χ3n) is 3.55. The van der Waals surface area contributed by atoms with Crippen LogP contribution in [0.25, 0.3) is 5.69 Å².